The van der Waals surface area contributed by atoms with E-state index in [4.69, 9.17) is 9.72 Å². The van der Waals surface area contributed by atoms with Gasteiger partial charge >= 0.3 is 0 Å². The van der Waals surface area contributed by atoms with Crippen LogP contribution in [-0.4, -0.2) is 29.2 Å². The summed E-state index contributed by atoms with van der Waals surface area (Å²) in [7, 11) is 1.66. The van der Waals surface area contributed by atoms with E-state index in [1.807, 2.05) is 44.4 Å². The monoisotopic (exact) mass is 353 g/mol. The van der Waals surface area contributed by atoms with Crippen molar-refractivity contribution in [3.05, 3.63) is 35.9 Å². The second-order valence-corrected chi connectivity index (χ2v) is 7.53. The molecule has 0 atom stereocenters. The fourth-order valence-corrected chi connectivity index (χ4v) is 3.63. The van der Waals surface area contributed by atoms with Crippen LogP contribution in [0.5, 0.6) is 5.75 Å². The molecule has 3 aromatic rings. The van der Waals surface area contributed by atoms with E-state index in [-0.39, 0.29) is 5.91 Å². The van der Waals surface area contributed by atoms with E-state index >= 15 is 0 Å². The zero-order valence-corrected chi connectivity index (χ0v) is 15.4. The van der Waals surface area contributed by atoms with Crippen molar-refractivity contribution in [2.75, 3.05) is 18.7 Å². The summed E-state index contributed by atoms with van der Waals surface area (Å²) in [5.74, 6) is 1.56. The maximum atomic E-state index is 12.1. The number of H-pyrrole nitrogens is 1. The first kappa shape index (κ1) is 16.0. The molecule has 1 aromatic heterocycles. The minimum absolute atomic E-state index is 0.0182. The fraction of sp³-hybridized carbons (Fsp3) is 0.263. The van der Waals surface area contributed by atoms with Crippen molar-refractivity contribution in [2.24, 2.45) is 0 Å². The number of methoxy groups -OCH3 is 1. The van der Waals surface area contributed by atoms with Gasteiger partial charge in [-0.25, -0.2) is 4.98 Å². The number of imidazole rings is 1. The summed E-state index contributed by atoms with van der Waals surface area (Å²) < 4.78 is 5.53. The zero-order chi connectivity index (χ0) is 17.8. The Balaban J connectivity index is 1.85. The third kappa shape index (κ3) is 2.40. The van der Waals surface area contributed by atoms with E-state index in [0.717, 1.165) is 44.3 Å². The van der Waals surface area contributed by atoms with Gasteiger partial charge in [0.15, 0.2) is 0 Å². The van der Waals surface area contributed by atoms with E-state index < -0.39 is 5.41 Å². The lowest BCUT2D eigenvalue weighted by atomic mass is 9.86. The molecule has 2 aromatic carbocycles. The lowest BCUT2D eigenvalue weighted by Crippen LogP contribution is -2.26. The summed E-state index contributed by atoms with van der Waals surface area (Å²) >= 11 is 1.67. The number of anilines is 1. The van der Waals surface area contributed by atoms with Gasteiger partial charge in [-0.1, -0.05) is 0 Å². The van der Waals surface area contributed by atoms with Gasteiger partial charge in [-0.3, -0.25) is 4.79 Å². The first-order valence-electron chi connectivity index (χ1n) is 8.02. The molecule has 0 radical (unpaired) electrons. The third-order valence-electron chi connectivity index (χ3n) is 4.77. The van der Waals surface area contributed by atoms with Crippen LogP contribution in [-0.2, 0) is 10.2 Å². The summed E-state index contributed by atoms with van der Waals surface area (Å²) in [6, 6.07) is 10.0. The van der Waals surface area contributed by atoms with E-state index in [9.17, 15) is 4.79 Å². The van der Waals surface area contributed by atoms with Crippen LogP contribution < -0.4 is 10.1 Å². The van der Waals surface area contributed by atoms with E-state index in [1.54, 1.807) is 18.9 Å². The van der Waals surface area contributed by atoms with Gasteiger partial charge in [0.1, 0.15) is 11.6 Å². The fourth-order valence-electron chi connectivity index (χ4n) is 3.20. The van der Waals surface area contributed by atoms with Gasteiger partial charge < -0.3 is 15.0 Å². The topological polar surface area (TPSA) is 67.0 Å². The Bertz CT molecular complexity index is 1010. The van der Waals surface area contributed by atoms with Crippen molar-refractivity contribution >= 4 is 34.4 Å². The first-order valence-corrected chi connectivity index (χ1v) is 9.24. The van der Waals surface area contributed by atoms with Crippen LogP contribution in [0.1, 0.15) is 19.4 Å². The molecular formula is C19H19N3O2S. The second kappa shape index (κ2) is 5.52. The molecule has 0 aliphatic carbocycles. The number of aromatic nitrogens is 2. The maximum Gasteiger partial charge on any atom is 0.234 e. The quantitative estimate of drug-likeness (QED) is 0.693. The minimum atomic E-state index is -0.541. The van der Waals surface area contributed by atoms with Crippen LogP contribution in [0.3, 0.4) is 0 Å². The number of rotatable bonds is 3. The molecule has 0 spiro atoms. The highest BCUT2D eigenvalue weighted by atomic mass is 32.2. The Kier molecular flexibility index (Phi) is 3.54. The summed E-state index contributed by atoms with van der Waals surface area (Å²) in [6.45, 7) is 3.86. The molecule has 1 amide bonds. The number of nitrogens with zero attached hydrogens (tertiary/aromatic N) is 1. The molecule has 128 valence electrons. The van der Waals surface area contributed by atoms with Crippen LogP contribution >= 0.6 is 11.8 Å². The molecule has 25 heavy (non-hydrogen) atoms. The summed E-state index contributed by atoms with van der Waals surface area (Å²) in [5, 5.41) is 2.95. The van der Waals surface area contributed by atoms with Crippen LogP contribution in [0.2, 0.25) is 0 Å². The number of hydrogen-bond donors (Lipinski definition) is 2. The Morgan fingerprint density at radius 2 is 2.00 bits per heavy atom. The van der Waals surface area contributed by atoms with E-state index in [1.165, 1.54) is 0 Å². The minimum Gasteiger partial charge on any atom is -0.496 e. The Morgan fingerprint density at radius 1 is 1.20 bits per heavy atom. The molecule has 0 saturated carbocycles. The SMILES string of the molecule is COc1cc(SC)ccc1-c1nc2cc3c(cc2[nH]1)NC(=O)C3(C)C. The molecule has 5 nitrogen and oxygen atoms in total. The maximum absolute atomic E-state index is 12.1. The predicted octanol–water partition coefficient (Wildman–Crippen LogP) is 4.19. The molecule has 1 aliphatic rings. The molecule has 0 bridgehead atoms. The Hall–Kier alpha value is -2.47. The number of benzene rings is 2. The Morgan fingerprint density at radius 3 is 2.72 bits per heavy atom. The lowest BCUT2D eigenvalue weighted by Gasteiger charge is -2.14. The molecule has 0 unspecified atom stereocenters. The number of carbonyl (C=O) groups is 1. The van der Waals surface area contributed by atoms with Crippen LogP contribution in [0.25, 0.3) is 22.4 Å². The number of fused-ring (bicyclic) bond motifs is 2. The predicted molar refractivity (Wildman–Crippen MR) is 102 cm³/mol. The van der Waals surface area contributed by atoms with Crippen molar-refractivity contribution in [1.82, 2.24) is 9.97 Å². The molecule has 0 saturated heterocycles. The van der Waals surface area contributed by atoms with Gasteiger partial charge in [-0.2, -0.15) is 0 Å². The number of amides is 1. The van der Waals surface area contributed by atoms with Crippen molar-refractivity contribution in [3.8, 4) is 17.1 Å². The molecule has 6 heteroatoms. The molecule has 4 rings (SSSR count). The normalized spacial score (nSPS) is 15.3. The zero-order valence-electron chi connectivity index (χ0n) is 14.6. The molecule has 1 aliphatic heterocycles. The second-order valence-electron chi connectivity index (χ2n) is 6.65. The summed E-state index contributed by atoms with van der Waals surface area (Å²) in [5.41, 5.74) is 3.94. The van der Waals surface area contributed by atoms with Crippen LogP contribution in [0.4, 0.5) is 5.69 Å². The van der Waals surface area contributed by atoms with Crippen molar-refractivity contribution < 1.29 is 9.53 Å². The molecule has 2 N–H and O–H groups in total. The third-order valence-corrected chi connectivity index (χ3v) is 5.50. The summed E-state index contributed by atoms with van der Waals surface area (Å²) in [4.78, 5) is 21.3. The smallest absolute Gasteiger partial charge is 0.234 e. The van der Waals surface area contributed by atoms with Crippen LogP contribution in [0.15, 0.2) is 35.2 Å². The van der Waals surface area contributed by atoms with Gasteiger partial charge in [0.05, 0.1) is 29.1 Å². The van der Waals surface area contributed by atoms with Crippen molar-refractivity contribution in [1.29, 1.82) is 0 Å². The number of nitrogens with one attached hydrogen (secondary N) is 2. The van der Waals surface area contributed by atoms with Gasteiger partial charge in [0, 0.05) is 10.6 Å². The highest BCUT2D eigenvalue weighted by Gasteiger charge is 2.38. The number of carbonyl (C=O) groups excluding carboxylic acids is 1. The van der Waals surface area contributed by atoms with Crippen LogP contribution in [0, 0.1) is 0 Å². The van der Waals surface area contributed by atoms with Crippen molar-refractivity contribution in [2.45, 2.75) is 24.2 Å². The van der Waals surface area contributed by atoms with Crippen molar-refractivity contribution in [3.63, 3.8) is 0 Å². The molecular weight excluding hydrogens is 334 g/mol. The highest BCUT2D eigenvalue weighted by Crippen LogP contribution is 2.40. The number of aromatic amines is 1. The van der Waals surface area contributed by atoms with Gasteiger partial charge in [0.2, 0.25) is 5.91 Å². The average molecular weight is 353 g/mol. The number of ether oxygens (including phenoxy) is 1. The standard InChI is InChI=1S/C19H19N3O2S/c1-19(2)12-8-14-15(9-13(12)22-18(19)23)21-17(20-14)11-6-5-10(25-4)7-16(11)24-3/h5-9H,1-4H3,(H,20,21)(H,22,23). The first-order chi connectivity index (χ1) is 11.9. The highest BCUT2D eigenvalue weighted by molar-refractivity contribution is 7.98. The Labute approximate surface area is 150 Å². The van der Waals surface area contributed by atoms with E-state index in [0.29, 0.717) is 0 Å². The van der Waals surface area contributed by atoms with Gasteiger partial charge in [-0.05, 0) is 56.0 Å². The number of hydrogen-bond acceptors (Lipinski definition) is 4. The molecule has 0 fully saturated rings. The lowest BCUT2D eigenvalue weighted by molar-refractivity contribution is -0.119. The van der Waals surface area contributed by atoms with Gasteiger partial charge in [-0.15, -0.1) is 11.8 Å². The number of thioether (sulfide) groups is 1. The molecule has 2 heterocycles. The van der Waals surface area contributed by atoms with E-state index in [2.05, 4.69) is 16.4 Å². The van der Waals surface area contributed by atoms with Gasteiger partial charge in [0.25, 0.3) is 0 Å². The average Bonchev–Trinajstić information content (AvgIpc) is 3.11. The summed E-state index contributed by atoms with van der Waals surface area (Å²) in [6.07, 6.45) is 2.03. The largest absolute Gasteiger partial charge is 0.496 e.